The third-order valence-electron chi connectivity index (χ3n) is 2.77. The fourth-order valence-electron chi connectivity index (χ4n) is 1.68. The van der Waals surface area contributed by atoms with Crippen LogP contribution in [0.5, 0.6) is 0 Å². The molecule has 0 amide bonds. The number of para-hydroxylation sites is 1. The third-order valence-corrected chi connectivity index (χ3v) is 2.77. The molecule has 0 atom stereocenters. The average molecular weight is 232 g/mol. The Morgan fingerprint density at radius 1 is 1.24 bits per heavy atom. The Balaban J connectivity index is 2.09. The Bertz CT molecular complexity index is 319. The van der Waals surface area contributed by atoms with E-state index in [0.29, 0.717) is 0 Å². The Labute approximate surface area is 105 Å². The van der Waals surface area contributed by atoms with Crippen molar-refractivity contribution in [2.24, 2.45) is 0 Å². The van der Waals surface area contributed by atoms with Crippen LogP contribution in [0.4, 0.5) is 5.69 Å². The third kappa shape index (κ3) is 6.12. The Hall–Kier alpha value is -1.28. The zero-order valence-electron chi connectivity index (χ0n) is 11.1. The molecular formula is C15H24N2. The van der Waals surface area contributed by atoms with Crippen LogP contribution in [0.25, 0.3) is 0 Å². The van der Waals surface area contributed by atoms with Gasteiger partial charge in [0.15, 0.2) is 0 Å². The van der Waals surface area contributed by atoms with Crippen molar-refractivity contribution in [3.63, 3.8) is 0 Å². The van der Waals surface area contributed by atoms with Crippen LogP contribution in [0, 0.1) is 0 Å². The summed E-state index contributed by atoms with van der Waals surface area (Å²) < 4.78 is 0. The fraction of sp³-hybridized carbons (Fsp3) is 0.467. The van der Waals surface area contributed by atoms with E-state index < -0.39 is 0 Å². The van der Waals surface area contributed by atoms with Gasteiger partial charge in [0.1, 0.15) is 0 Å². The Morgan fingerprint density at radius 3 is 2.59 bits per heavy atom. The van der Waals surface area contributed by atoms with Gasteiger partial charge in [-0.3, -0.25) is 0 Å². The Morgan fingerprint density at radius 2 is 1.94 bits per heavy atom. The van der Waals surface area contributed by atoms with Crippen molar-refractivity contribution in [1.29, 1.82) is 0 Å². The molecule has 1 N–H and O–H groups in total. The highest BCUT2D eigenvalue weighted by molar-refractivity contribution is 5.44. The Kier molecular flexibility index (Phi) is 6.41. The van der Waals surface area contributed by atoms with Crippen molar-refractivity contribution in [3.8, 4) is 0 Å². The summed E-state index contributed by atoms with van der Waals surface area (Å²) >= 11 is 0. The molecule has 1 aromatic carbocycles. The van der Waals surface area contributed by atoms with E-state index in [0.717, 1.165) is 26.1 Å². The van der Waals surface area contributed by atoms with Crippen molar-refractivity contribution in [2.45, 2.75) is 19.8 Å². The molecule has 0 saturated heterocycles. The van der Waals surface area contributed by atoms with E-state index >= 15 is 0 Å². The maximum Gasteiger partial charge on any atom is 0.0363 e. The number of nitrogens with one attached hydrogen (secondary N) is 1. The van der Waals surface area contributed by atoms with Gasteiger partial charge in [-0.15, -0.1) is 6.58 Å². The van der Waals surface area contributed by atoms with Gasteiger partial charge in [0.05, 0.1) is 0 Å². The molecule has 0 aliphatic rings. The van der Waals surface area contributed by atoms with Crippen LogP contribution in [0.3, 0.4) is 0 Å². The van der Waals surface area contributed by atoms with Gasteiger partial charge in [0, 0.05) is 19.3 Å². The molecular weight excluding hydrogens is 208 g/mol. The van der Waals surface area contributed by atoms with Crippen molar-refractivity contribution < 1.29 is 0 Å². The molecule has 0 bridgehead atoms. The van der Waals surface area contributed by atoms with Crippen LogP contribution in [0.1, 0.15) is 19.8 Å². The van der Waals surface area contributed by atoms with Crippen LogP contribution in [0.2, 0.25) is 0 Å². The molecule has 2 heteroatoms. The van der Waals surface area contributed by atoms with Crippen molar-refractivity contribution >= 4 is 5.69 Å². The number of rotatable bonds is 8. The standard InChI is InChI=1S/C15H24N2/c1-14(2)10-12-16-11-7-13-17(3)15-8-5-4-6-9-15/h4-6,8-9,16H,1,7,10-13H2,2-3H3. The smallest absolute Gasteiger partial charge is 0.0363 e. The summed E-state index contributed by atoms with van der Waals surface area (Å²) in [5.41, 5.74) is 2.54. The fourth-order valence-corrected chi connectivity index (χ4v) is 1.68. The van der Waals surface area contributed by atoms with Crippen LogP contribution in [-0.4, -0.2) is 26.7 Å². The average Bonchev–Trinajstić information content (AvgIpc) is 2.34. The molecule has 0 aromatic heterocycles. The first-order valence-electron chi connectivity index (χ1n) is 6.31. The van der Waals surface area contributed by atoms with Crippen LogP contribution < -0.4 is 10.2 Å². The quantitative estimate of drug-likeness (QED) is 0.547. The number of hydrogen-bond donors (Lipinski definition) is 1. The molecule has 0 saturated carbocycles. The zero-order valence-corrected chi connectivity index (χ0v) is 11.1. The number of hydrogen-bond acceptors (Lipinski definition) is 2. The van der Waals surface area contributed by atoms with Gasteiger partial charge in [0.2, 0.25) is 0 Å². The summed E-state index contributed by atoms with van der Waals surface area (Å²) in [4.78, 5) is 2.29. The van der Waals surface area contributed by atoms with Crippen molar-refractivity contribution in [1.82, 2.24) is 5.32 Å². The number of nitrogens with zero attached hydrogens (tertiary/aromatic N) is 1. The summed E-state index contributed by atoms with van der Waals surface area (Å²) in [5, 5.41) is 3.44. The predicted octanol–water partition coefficient (Wildman–Crippen LogP) is 3.07. The molecule has 1 aromatic rings. The lowest BCUT2D eigenvalue weighted by atomic mass is 10.2. The summed E-state index contributed by atoms with van der Waals surface area (Å²) in [6, 6.07) is 10.5. The van der Waals surface area contributed by atoms with Crippen LogP contribution in [0.15, 0.2) is 42.5 Å². The molecule has 0 aliphatic heterocycles. The molecule has 94 valence electrons. The topological polar surface area (TPSA) is 15.3 Å². The second-order valence-corrected chi connectivity index (χ2v) is 4.57. The first-order chi connectivity index (χ1) is 8.20. The molecule has 0 radical (unpaired) electrons. The van der Waals surface area contributed by atoms with Crippen LogP contribution in [-0.2, 0) is 0 Å². The molecule has 0 spiro atoms. The van der Waals surface area contributed by atoms with E-state index in [4.69, 9.17) is 0 Å². The predicted molar refractivity (Wildman–Crippen MR) is 76.6 cm³/mol. The minimum absolute atomic E-state index is 1.05. The monoisotopic (exact) mass is 232 g/mol. The maximum absolute atomic E-state index is 3.89. The lowest BCUT2D eigenvalue weighted by Gasteiger charge is -2.19. The van der Waals surface area contributed by atoms with Crippen LogP contribution >= 0.6 is 0 Å². The zero-order chi connectivity index (χ0) is 12.5. The van der Waals surface area contributed by atoms with E-state index in [1.165, 1.54) is 17.7 Å². The minimum atomic E-state index is 1.05. The maximum atomic E-state index is 3.89. The lowest BCUT2D eigenvalue weighted by molar-refractivity contribution is 0.643. The van der Waals surface area contributed by atoms with Crippen molar-refractivity contribution in [2.75, 3.05) is 31.6 Å². The summed E-state index contributed by atoms with van der Waals surface area (Å²) in [5.74, 6) is 0. The van der Waals surface area contributed by atoms with E-state index in [-0.39, 0.29) is 0 Å². The van der Waals surface area contributed by atoms with E-state index in [1.54, 1.807) is 0 Å². The first-order valence-corrected chi connectivity index (χ1v) is 6.31. The minimum Gasteiger partial charge on any atom is -0.375 e. The van der Waals surface area contributed by atoms with Gasteiger partial charge in [-0.2, -0.15) is 0 Å². The van der Waals surface area contributed by atoms with E-state index in [1.807, 2.05) is 0 Å². The normalized spacial score (nSPS) is 10.2. The van der Waals surface area contributed by atoms with Gasteiger partial charge in [-0.05, 0) is 45.0 Å². The highest BCUT2D eigenvalue weighted by atomic mass is 15.1. The number of anilines is 1. The molecule has 0 fully saturated rings. The van der Waals surface area contributed by atoms with Gasteiger partial charge in [-0.1, -0.05) is 23.8 Å². The molecule has 0 aliphatic carbocycles. The van der Waals surface area contributed by atoms with Gasteiger partial charge in [0.25, 0.3) is 0 Å². The summed E-state index contributed by atoms with van der Waals surface area (Å²) in [7, 11) is 2.14. The highest BCUT2D eigenvalue weighted by Gasteiger charge is 1.98. The summed E-state index contributed by atoms with van der Waals surface area (Å²) in [6.07, 6.45) is 2.25. The highest BCUT2D eigenvalue weighted by Crippen LogP contribution is 2.10. The second-order valence-electron chi connectivity index (χ2n) is 4.57. The second kappa shape index (κ2) is 7.91. The van der Waals surface area contributed by atoms with E-state index in [9.17, 15) is 0 Å². The molecule has 0 unspecified atom stereocenters. The molecule has 17 heavy (non-hydrogen) atoms. The van der Waals surface area contributed by atoms with Gasteiger partial charge in [-0.25, -0.2) is 0 Å². The summed E-state index contributed by atoms with van der Waals surface area (Å²) in [6.45, 7) is 9.17. The largest absolute Gasteiger partial charge is 0.375 e. The molecule has 0 heterocycles. The molecule has 2 nitrogen and oxygen atoms in total. The van der Waals surface area contributed by atoms with E-state index in [2.05, 4.69) is 61.1 Å². The van der Waals surface area contributed by atoms with Crippen molar-refractivity contribution in [3.05, 3.63) is 42.5 Å². The first kappa shape index (κ1) is 13.8. The lowest BCUT2D eigenvalue weighted by Crippen LogP contribution is -2.24. The van der Waals surface area contributed by atoms with Gasteiger partial charge >= 0.3 is 0 Å². The SMILES string of the molecule is C=C(C)CCNCCCN(C)c1ccccc1. The van der Waals surface area contributed by atoms with Gasteiger partial charge < -0.3 is 10.2 Å². The molecule has 1 rings (SSSR count). The number of benzene rings is 1.